The highest BCUT2D eigenvalue weighted by Crippen LogP contribution is 2.26. The van der Waals surface area contributed by atoms with Gasteiger partial charge in [0, 0.05) is 35.4 Å². The molecule has 0 heterocycles. The van der Waals surface area contributed by atoms with Crippen molar-refractivity contribution in [2.45, 2.75) is 19.4 Å². The second-order valence-corrected chi connectivity index (χ2v) is 6.23. The minimum Gasteiger partial charge on any atom is -0.309 e. The zero-order valence-corrected chi connectivity index (χ0v) is 12.3. The molecule has 0 saturated carbocycles. The van der Waals surface area contributed by atoms with Crippen LogP contribution in [0.3, 0.4) is 0 Å². The molecule has 0 aromatic heterocycles. The Balaban J connectivity index is 2.65. The molecule has 5 heteroatoms. The van der Waals surface area contributed by atoms with Gasteiger partial charge in [-0.15, -0.1) is 0 Å². The third-order valence-corrected chi connectivity index (χ3v) is 4.05. The maximum atomic E-state index is 11.0. The van der Waals surface area contributed by atoms with Crippen molar-refractivity contribution in [1.29, 1.82) is 0 Å². The molecule has 2 atom stereocenters. The van der Waals surface area contributed by atoms with Crippen molar-refractivity contribution in [1.82, 2.24) is 5.32 Å². The first-order valence-corrected chi connectivity index (χ1v) is 8.01. The molecule has 1 rings (SSSR count). The van der Waals surface area contributed by atoms with Crippen molar-refractivity contribution in [3.63, 3.8) is 0 Å². The van der Waals surface area contributed by atoms with Gasteiger partial charge in [-0.25, -0.2) is 0 Å². The minimum absolute atomic E-state index is 0.230. The zero-order chi connectivity index (χ0) is 12.8. The average molecular weight is 294 g/mol. The van der Waals surface area contributed by atoms with Crippen LogP contribution >= 0.6 is 23.2 Å². The fraction of sp³-hybridized carbons (Fsp3) is 0.500. The Labute approximate surface area is 115 Å². The van der Waals surface area contributed by atoms with Crippen LogP contribution in [-0.4, -0.2) is 22.8 Å². The highest BCUT2D eigenvalue weighted by Gasteiger charge is 2.10. The highest BCUT2D eigenvalue weighted by molar-refractivity contribution is 7.84. The van der Waals surface area contributed by atoms with E-state index in [0.29, 0.717) is 15.8 Å². The number of hydrogen-bond donors (Lipinski definition) is 1. The SMILES string of the molecule is CCC(NCCS(C)=O)c1ccc(Cl)c(Cl)c1. The lowest BCUT2D eigenvalue weighted by Gasteiger charge is -2.17. The van der Waals surface area contributed by atoms with Crippen LogP contribution in [0.4, 0.5) is 0 Å². The van der Waals surface area contributed by atoms with Gasteiger partial charge < -0.3 is 5.32 Å². The summed E-state index contributed by atoms with van der Waals surface area (Å²) in [5.41, 5.74) is 1.11. The lowest BCUT2D eigenvalue weighted by Crippen LogP contribution is -2.25. The normalized spacial score (nSPS) is 14.6. The minimum atomic E-state index is -0.758. The smallest absolute Gasteiger partial charge is 0.0595 e. The van der Waals surface area contributed by atoms with Gasteiger partial charge in [0.25, 0.3) is 0 Å². The van der Waals surface area contributed by atoms with E-state index in [1.165, 1.54) is 0 Å². The van der Waals surface area contributed by atoms with E-state index in [2.05, 4.69) is 12.2 Å². The van der Waals surface area contributed by atoms with Crippen LogP contribution in [0.2, 0.25) is 10.0 Å². The topological polar surface area (TPSA) is 29.1 Å². The molecule has 2 nitrogen and oxygen atoms in total. The predicted molar refractivity (Wildman–Crippen MR) is 76.4 cm³/mol. The Morgan fingerprint density at radius 1 is 1.35 bits per heavy atom. The van der Waals surface area contributed by atoms with E-state index in [9.17, 15) is 4.21 Å². The van der Waals surface area contributed by atoms with E-state index >= 15 is 0 Å². The molecule has 17 heavy (non-hydrogen) atoms. The molecule has 0 spiro atoms. The van der Waals surface area contributed by atoms with Gasteiger partial charge in [-0.1, -0.05) is 36.2 Å². The van der Waals surface area contributed by atoms with Crippen molar-refractivity contribution in [3.8, 4) is 0 Å². The van der Waals surface area contributed by atoms with Gasteiger partial charge in [0.15, 0.2) is 0 Å². The summed E-state index contributed by atoms with van der Waals surface area (Å²) in [7, 11) is -0.758. The molecule has 0 bridgehead atoms. The second kappa shape index (κ2) is 7.37. The fourth-order valence-electron chi connectivity index (χ4n) is 1.60. The molecule has 96 valence electrons. The Morgan fingerprint density at radius 3 is 2.59 bits per heavy atom. The Kier molecular flexibility index (Phi) is 6.49. The van der Waals surface area contributed by atoms with E-state index in [1.807, 2.05) is 18.2 Å². The van der Waals surface area contributed by atoms with Crippen molar-refractivity contribution >= 4 is 34.0 Å². The fourth-order valence-corrected chi connectivity index (χ4v) is 2.32. The van der Waals surface area contributed by atoms with Gasteiger partial charge in [-0.05, 0) is 24.1 Å². The summed E-state index contributed by atoms with van der Waals surface area (Å²) >= 11 is 11.9. The molecule has 0 fully saturated rings. The van der Waals surface area contributed by atoms with E-state index in [-0.39, 0.29) is 6.04 Å². The first-order valence-electron chi connectivity index (χ1n) is 5.53. The summed E-state index contributed by atoms with van der Waals surface area (Å²) in [4.78, 5) is 0. The van der Waals surface area contributed by atoms with Crippen molar-refractivity contribution in [2.75, 3.05) is 18.6 Å². The molecule has 2 unspecified atom stereocenters. The largest absolute Gasteiger partial charge is 0.309 e. The van der Waals surface area contributed by atoms with Gasteiger partial charge in [-0.2, -0.15) is 0 Å². The summed E-state index contributed by atoms with van der Waals surface area (Å²) in [6.45, 7) is 2.84. The molecule has 1 aromatic carbocycles. The molecule has 0 aliphatic rings. The van der Waals surface area contributed by atoms with E-state index < -0.39 is 10.8 Å². The molecule has 1 N–H and O–H groups in total. The summed E-state index contributed by atoms with van der Waals surface area (Å²) < 4.78 is 11.0. The first kappa shape index (κ1) is 15.0. The zero-order valence-electron chi connectivity index (χ0n) is 10.0. The van der Waals surface area contributed by atoms with E-state index in [0.717, 1.165) is 18.5 Å². The van der Waals surface area contributed by atoms with Crippen molar-refractivity contribution < 1.29 is 4.21 Å². The molecule has 0 saturated heterocycles. The average Bonchev–Trinajstić information content (AvgIpc) is 2.28. The monoisotopic (exact) mass is 293 g/mol. The van der Waals surface area contributed by atoms with Gasteiger partial charge in [-0.3, -0.25) is 4.21 Å². The van der Waals surface area contributed by atoms with Crippen LogP contribution in [0.15, 0.2) is 18.2 Å². The van der Waals surface area contributed by atoms with Crippen LogP contribution in [-0.2, 0) is 10.8 Å². The summed E-state index contributed by atoms with van der Waals surface area (Å²) in [5, 5.41) is 4.51. The van der Waals surface area contributed by atoms with E-state index in [4.69, 9.17) is 23.2 Å². The summed E-state index contributed by atoms with van der Waals surface area (Å²) in [6, 6.07) is 5.89. The van der Waals surface area contributed by atoms with Crippen molar-refractivity contribution in [2.24, 2.45) is 0 Å². The molecular weight excluding hydrogens is 277 g/mol. The Bertz CT molecular complexity index is 398. The standard InChI is InChI=1S/C12H17Cl2NOS/c1-3-12(15-6-7-17(2)16)9-4-5-10(13)11(14)8-9/h4-5,8,12,15H,3,6-7H2,1-2H3. The molecular formula is C12H17Cl2NOS. The molecule has 0 aliphatic carbocycles. The maximum Gasteiger partial charge on any atom is 0.0595 e. The lowest BCUT2D eigenvalue weighted by atomic mass is 10.0. The van der Waals surface area contributed by atoms with Crippen LogP contribution in [0, 0.1) is 0 Å². The second-order valence-electron chi connectivity index (χ2n) is 3.87. The summed E-state index contributed by atoms with van der Waals surface area (Å²) in [6.07, 6.45) is 2.66. The third kappa shape index (κ3) is 4.96. The lowest BCUT2D eigenvalue weighted by molar-refractivity contribution is 0.538. The number of halogens is 2. The van der Waals surface area contributed by atoms with Crippen molar-refractivity contribution in [3.05, 3.63) is 33.8 Å². The maximum absolute atomic E-state index is 11.0. The molecule has 0 aliphatic heterocycles. The van der Waals surface area contributed by atoms with Crippen LogP contribution in [0.1, 0.15) is 24.9 Å². The number of hydrogen-bond acceptors (Lipinski definition) is 2. The number of benzene rings is 1. The van der Waals surface area contributed by atoms with Gasteiger partial charge in [0.2, 0.25) is 0 Å². The van der Waals surface area contributed by atoms with Gasteiger partial charge in [0.1, 0.15) is 0 Å². The van der Waals surface area contributed by atoms with Crippen LogP contribution in [0.5, 0.6) is 0 Å². The molecule has 0 radical (unpaired) electrons. The first-order chi connectivity index (χ1) is 8.04. The summed E-state index contributed by atoms with van der Waals surface area (Å²) in [5.74, 6) is 0.665. The van der Waals surface area contributed by atoms with E-state index in [1.54, 1.807) is 6.26 Å². The molecule has 0 amide bonds. The Morgan fingerprint density at radius 2 is 2.06 bits per heavy atom. The van der Waals surface area contributed by atoms with Crippen LogP contribution < -0.4 is 5.32 Å². The Hall–Kier alpha value is -0.0900. The predicted octanol–water partition coefficient (Wildman–Crippen LogP) is 3.41. The van der Waals surface area contributed by atoms with Crippen LogP contribution in [0.25, 0.3) is 0 Å². The quantitative estimate of drug-likeness (QED) is 0.871. The van der Waals surface area contributed by atoms with Gasteiger partial charge in [0.05, 0.1) is 10.0 Å². The molecule has 1 aromatic rings. The number of nitrogens with one attached hydrogen (secondary N) is 1. The third-order valence-electron chi connectivity index (χ3n) is 2.53. The number of rotatable bonds is 6. The van der Waals surface area contributed by atoms with Gasteiger partial charge >= 0.3 is 0 Å². The highest BCUT2D eigenvalue weighted by atomic mass is 35.5.